The van der Waals surface area contributed by atoms with Crippen molar-refractivity contribution >= 4 is 27.5 Å². The van der Waals surface area contributed by atoms with Crippen LogP contribution in [0.2, 0.25) is 0 Å². The number of sulfonamides is 1. The maximum absolute atomic E-state index is 13.9. The Labute approximate surface area is 222 Å². The highest BCUT2D eigenvalue weighted by Gasteiger charge is 2.41. The van der Waals surface area contributed by atoms with Crippen LogP contribution in [0.3, 0.4) is 0 Å². The van der Waals surface area contributed by atoms with Crippen LogP contribution in [0.4, 0.5) is 29.1 Å². The number of carbonyl (C=O) groups is 1. The molecule has 1 aromatic heterocycles. The van der Waals surface area contributed by atoms with Crippen LogP contribution in [0.15, 0.2) is 65.7 Å². The monoisotopic (exact) mass is 564 g/mol. The van der Waals surface area contributed by atoms with Gasteiger partial charge in [-0.25, -0.2) is 17.8 Å². The first-order valence-corrected chi connectivity index (χ1v) is 13.5. The Kier molecular flexibility index (Phi) is 6.97. The van der Waals surface area contributed by atoms with Crippen molar-refractivity contribution in [2.45, 2.75) is 23.5 Å². The first-order chi connectivity index (χ1) is 18.4. The minimum absolute atomic E-state index is 0.0786. The van der Waals surface area contributed by atoms with Crippen LogP contribution in [-0.4, -0.2) is 68.1 Å². The molecule has 1 N–H and O–H groups in total. The molecule has 2 aromatic carbocycles. The van der Waals surface area contributed by atoms with Crippen LogP contribution in [0.25, 0.3) is 11.1 Å². The predicted molar refractivity (Wildman–Crippen MR) is 135 cm³/mol. The maximum Gasteiger partial charge on any atom is 0.416 e. The predicted octanol–water partition coefficient (Wildman–Crippen LogP) is 4.08. The molecule has 1 saturated heterocycles. The summed E-state index contributed by atoms with van der Waals surface area (Å²) in [7, 11) is -4.48. The lowest BCUT2D eigenvalue weighted by molar-refractivity contribution is -0.138. The summed E-state index contributed by atoms with van der Waals surface area (Å²) < 4.78 is 82.9. The Bertz CT molecular complexity index is 1520. The van der Waals surface area contributed by atoms with Crippen molar-refractivity contribution in [2.24, 2.45) is 0 Å². The molecule has 2 aliphatic rings. The van der Waals surface area contributed by atoms with Crippen LogP contribution in [-0.2, 0) is 21.0 Å². The zero-order valence-electron chi connectivity index (χ0n) is 20.5. The Morgan fingerprint density at radius 1 is 1.03 bits per heavy atom. The molecular weight excluding hydrogens is 540 g/mol. The first-order valence-electron chi connectivity index (χ1n) is 12.1. The molecule has 0 amide bonds. The van der Waals surface area contributed by atoms with Crippen molar-refractivity contribution < 1.29 is 35.9 Å². The molecule has 0 aliphatic carbocycles. The first kappa shape index (κ1) is 26.9. The molecular formula is C26H24F4N4O4S. The van der Waals surface area contributed by atoms with Crippen LogP contribution in [0.5, 0.6) is 0 Å². The Hall–Kier alpha value is -3.71. The standard InChI is InChI=1S/C26H24F4N4O4S/c27-20-5-1-3-17(11-20)18-12-23-25(31-14-18)33-10-9-32(8-7-24(35)36)15-21(33)16-34(23)39(37,38)22-6-2-4-19(13-22)26(28,29)30/h1-6,11-14,21H,7-10,15-16H2,(H,35,36)/t21-/m0/s1. The van der Waals surface area contributed by atoms with Gasteiger partial charge in [0.05, 0.1) is 35.2 Å². The number of nitrogens with zero attached hydrogens (tertiary/aromatic N) is 4. The second-order valence-corrected chi connectivity index (χ2v) is 11.3. The van der Waals surface area contributed by atoms with Crippen molar-refractivity contribution in [2.75, 3.05) is 41.9 Å². The van der Waals surface area contributed by atoms with E-state index in [9.17, 15) is 30.8 Å². The summed E-state index contributed by atoms with van der Waals surface area (Å²) in [5.41, 5.74) is -0.0191. The molecule has 3 aromatic rings. The molecule has 0 radical (unpaired) electrons. The second-order valence-electron chi connectivity index (χ2n) is 9.43. The zero-order valence-corrected chi connectivity index (χ0v) is 21.3. The third-order valence-electron chi connectivity index (χ3n) is 6.88. The minimum Gasteiger partial charge on any atom is -0.481 e. The summed E-state index contributed by atoms with van der Waals surface area (Å²) in [6.07, 6.45) is -3.31. The Morgan fingerprint density at radius 3 is 2.51 bits per heavy atom. The highest BCUT2D eigenvalue weighted by Crippen LogP contribution is 2.41. The molecule has 39 heavy (non-hydrogen) atoms. The highest BCUT2D eigenvalue weighted by atomic mass is 32.2. The fourth-order valence-corrected chi connectivity index (χ4v) is 6.51. The van der Waals surface area contributed by atoms with E-state index in [0.29, 0.717) is 42.6 Å². The quantitative estimate of drug-likeness (QED) is 0.451. The van der Waals surface area contributed by atoms with E-state index in [-0.39, 0.29) is 25.2 Å². The van der Waals surface area contributed by atoms with Gasteiger partial charge in [0.25, 0.3) is 10.0 Å². The number of carboxylic acid groups (broad SMARTS) is 1. The van der Waals surface area contributed by atoms with E-state index in [1.807, 2.05) is 9.80 Å². The van der Waals surface area contributed by atoms with E-state index in [0.717, 1.165) is 22.5 Å². The van der Waals surface area contributed by atoms with Gasteiger partial charge in [-0.1, -0.05) is 18.2 Å². The molecule has 206 valence electrons. The number of carboxylic acids is 1. The van der Waals surface area contributed by atoms with Gasteiger partial charge in [0.1, 0.15) is 5.82 Å². The summed E-state index contributed by atoms with van der Waals surface area (Å²) in [6, 6.07) is 10.4. The van der Waals surface area contributed by atoms with Gasteiger partial charge in [0.15, 0.2) is 5.82 Å². The van der Waals surface area contributed by atoms with Crippen LogP contribution < -0.4 is 9.21 Å². The molecule has 1 atom stereocenters. The van der Waals surface area contributed by atoms with Crippen LogP contribution in [0.1, 0.15) is 12.0 Å². The normalized spacial score (nSPS) is 18.0. The number of aromatic nitrogens is 1. The number of anilines is 2. The number of rotatable bonds is 6. The second kappa shape index (κ2) is 10.1. The summed E-state index contributed by atoms with van der Waals surface area (Å²) in [6.45, 7) is 1.49. The molecule has 0 bridgehead atoms. The SMILES string of the molecule is O=C(O)CCN1CCN2c3ncc(-c4cccc(F)c4)cc3N(S(=O)(=O)c3cccc(C(F)(F)F)c3)C[C@@H]2C1. The Morgan fingerprint density at radius 2 is 1.79 bits per heavy atom. The van der Waals surface area contributed by atoms with Crippen LogP contribution in [0, 0.1) is 5.82 Å². The fourth-order valence-electron chi connectivity index (χ4n) is 4.97. The molecule has 2 aliphatic heterocycles. The molecule has 0 unspecified atom stereocenters. The molecule has 3 heterocycles. The van der Waals surface area contributed by atoms with Gasteiger partial charge >= 0.3 is 12.1 Å². The van der Waals surface area contributed by atoms with Crippen molar-refractivity contribution in [1.29, 1.82) is 0 Å². The number of fused-ring (bicyclic) bond motifs is 3. The number of alkyl halides is 3. The number of benzene rings is 2. The molecule has 0 saturated carbocycles. The van der Waals surface area contributed by atoms with Crippen molar-refractivity contribution in [3.05, 3.63) is 72.2 Å². The van der Waals surface area contributed by atoms with Gasteiger partial charge in [0, 0.05) is 37.9 Å². The van der Waals surface area contributed by atoms with Gasteiger partial charge < -0.3 is 10.0 Å². The average molecular weight is 565 g/mol. The van der Waals surface area contributed by atoms with E-state index >= 15 is 0 Å². The number of piperazine rings is 1. The summed E-state index contributed by atoms with van der Waals surface area (Å²) in [4.78, 5) is 18.9. The lowest BCUT2D eigenvalue weighted by Gasteiger charge is -2.48. The lowest BCUT2D eigenvalue weighted by Crippen LogP contribution is -2.61. The smallest absolute Gasteiger partial charge is 0.416 e. The van der Waals surface area contributed by atoms with Gasteiger partial charge in [0.2, 0.25) is 0 Å². The van der Waals surface area contributed by atoms with Gasteiger partial charge in [-0.3, -0.25) is 14.0 Å². The van der Waals surface area contributed by atoms with E-state index in [4.69, 9.17) is 5.11 Å². The minimum atomic E-state index is -4.73. The molecule has 1 fully saturated rings. The number of hydrogen-bond donors (Lipinski definition) is 1. The molecule has 0 spiro atoms. The summed E-state index contributed by atoms with van der Waals surface area (Å²) in [5, 5.41) is 9.06. The van der Waals surface area contributed by atoms with E-state index < -0.39 is 44.5 Å². The summed E-state index contributed by atoms with van der Waals surface area (Å²) >= 11 is 0. The van der Waals surface area contributed by atoms with Gasteiger partial charge in [-0.15, -0.1) is 0 Å². The van der Waals surface area contributed by atoms with E-state index in [1.165, 1.54) is 24.4 Å². The highest BCUT2D eigenvalue weighted by molar-refractivity contribution is 7.92. The van der Waals surface area contributed by atoms with Gasteiger partial charge in [-0.2, -0.15) is 13.2 Å². The van der Waals surface area contributed by atoms with E-state index in [2.05, 4.69) is 4.98 Å². The number of pyridine rings is 1. The Balaban J connectivity index is 1.59. The average Bonchev–Trinajstić information content (AvgIpc) is 2.90. The fraction of sp³-hybridized carbons (Fsp3) is 0.308. The van der Waals surface area contributed by atoms with Crippen molar-refractivity contribution in [1.82, 2.24) is 9.88 Å². The van der Waals surface area contributed by atoms with Crippen molar-refractivity contribution in [3.63, 3.8) is 0 Å². The maximum atomic E-state index is 13.9. The molecule has 13 heteroatoms. The molecule has 8 nitrogen and oxygen atoms in total. The zero-order chi connectivity index (χ0) is 27.9. The third kappa shape index (κ3) is 5.41. The largest absolute Gasteiger partial charge is 0.481 e. The summed E-state index contributed by atoms with van der Waals surface area (Å²) in [5.74, 6) is -1.11. The van der Waals surface area contributed by atoms with Crippen LogP contribution >= 0.6 is 0 Å². The topological polar surface area (TPSA) is 94.1 Å². The number of hydrogen-bond acceptors (Lipinski definition) is 6. The number of aliphatic carboxylic acids is 1. The lowest BCUT2D eigenvalue weighted by atomic mass is 10.0. The van der Waals surface area contributed by atoms with Crippen molar-refractivity contribution in [3.8, 4) is 11.1 Å². The van der Waals surface area contributed by atoms with Gasteiger partial charge in [-0.05, 0) is 42.0 Å². The van der Waals surface area contributed by atoms with E-state index in [1.54, 1.807) is 12.1 Å². The third-order valence-corrected chi connectivity index (χ3v) is 8.66. The number of halogens is 4. The molecule has 5 rings (SSSR count).